The molecule has 0 aliphatic rings. The SMILES string of the molecule is CCCCC(CC)(C(=O)OCC)C(C)N.O=C(O)C(=O)O. The molecule has 0 aromatic heterocycles. The highest BCUT2D eigenvalue weighted by Crippen LogP contribution is 2.33. The lowest BCUT2D eigenvalue weighted by Gasteiger charge is -2.33. The van der Waals surface area contributed by atoms with Gasteiger partial charge in [-0.05, 0) is 26.7 Å². The van der Waals surface area contributed by atoms with Crippen molar-refractivity contribution in [2.24, 2.45) is 11.1 Å². The maximum atomic E-state index is 11.9. The Balaban J connectivity index is 0. The van der Waals surface area contributed by atoms with Crippen molar-refractivity contribution < 1.29 is 29.3 Å². The molecule has 4 N–H and O–H groups in total. The number of ether oxygens (including phenoxy) is 1. The fraction of sp³-hybridized carbons (Fsp3) is 0.786. The molecular formula is C14H27NO6. The Morgan fingerprint density at radius 3 is 1.86 bits per heavy atom. The molecule has 0 radical (unpaired) electrons. The summed E-state index contributed by atoms with van der Waals surface area (Å²) in [5.41, 5.74) is 5.47. The summed E-state index contributed by atoms with van der Waals surface area (Å²) in [4.78, 5) is 30.1. The predicted molar refractivity (Wildman–Crippen MR) is 77.8 cm³/mol. The zero-order valence-corrected chi connectivity index (χ0v) is 13.2. The van der Waals surface area contributed by atoms with E-state index in [0.717, 1.165) is 25.7 Å². The highest BCUT2D eigenvalue weighted by molar-refractivity contribution is 6.27. The fourth-order valence-corrected chi connectivity index (χ4v) is 1.93. The number of esters is 1. The Morgan fingerprint density at radius 1 is 1.14 bits per heavy atom. The number of carboxylic acid groups (broad SMARTS) is 2. The molecular weight excluding hydrogens is 278 g/mol. The number of aliphatic carboxylic acids is 2. The maximum absolute atomic E-state index is 11.9. The first-order valence-electron chi connectivity index (χ1n) is 7.08. The molecule has 0 fully saturated rings. The van der Waals surface area contributed by atoms with Crippen molar-refractivity contribution in [2.45, 2.75) is 59.4 Å². The van der Waals surface area contributed by atoms with Gasteiger partial charge in [0.1, 0.15) is 0 Å². The van der Waals surface area contributed by atoms with Crippen molar-refractivity contribution >= 4 is 17.9 Å². The number of carbonyl (C=O) groups excluding carboxylic acids is 1. The van der Waals surface area contributed by atoms with Crippen LogP contribution in [0.15, 0.2) is 0 Å². The molecule has 0 bridgehead atoms. The summed E-state index contributed by atoms with van der Waals surface area (Å²) in [6.45, 7) is 8.29. The molecule has 0 aliphatic carbocycles. The minimum atomic E-state index is -1.82. The molecule has 0 heterocycles. The molecule has 0 spiro atoms. The highest BCUT2D eigenvalue weighted by atomic mass is 16.5. The van der Waals surface area contributed by atoms with Crippen LogP contribution < -0.4 is 5.73 Å². The van der Waals surface area contributed by atoms with Crippen molar-refractivity contribution in [3.63, 3.8) is 0 Å². The Bertz CT molecular complexity index is 330. The predicted octanol–water partition coefficient (Wildman–Crippen LogP) is 1.64. The van der Waals surface area contributed by atoms with Crippen LogP contribution in [-0.4, -0.2) is 40.8 Å². The first-order valence-corrected chi connectivity index (χ1v) is 7.08. The minimum absolute atomic E-state index is 0.129. The van der Waals surface area contributed by atoms with Crippen LogP contribution in [0.4, 0.5) is 0 Å². The molecule has 7 nitrogen and oxygen atoms in total. The normalized spacial score (nSPS) is 14.1. The van der Waals surface area contributed by atoms with Crippen molar-refractivity contribution in [1.29, 1.82) is 0 Å². The van der Waals surface area contributed by atoms with E-state index in [2.05, 4.69) is 6.92 Å². The molecule has 0 saturated carbocycles. The molecule has 0 amide bonds. The third-order valence-corrected chi connectivity index (χ3v) is 3.34. The third kappa shape index (κ3) is 7.65. The molecule has 7 heteroatoms. The summed E-state index contributed by atoms with van der Waals surface area (Å²) in [6, 6.07) is -0.145. The Kier molecular flexibility index (Phi) is 11.4. The van der Waals surface area contributed by atoms with Gasteiger partial charge in [0.2, 0.25) is 0 Å². The number of carboxylic acids is 2. The van der Waals surface area contributed by atoms with E-state index in [9.17, 15) is 4.79 Å². The van der Waals surface area contributed by atoms with Gasteiger partial charge in [-0.2, -0.15) is 0 Å². The Labute approximate surface area is 125 Å². The summed E-state index contributed by atoms with van der Waals surface area (Å²) in [7, 11) is 0. The molecule has 2 unspecified atom stereocenters. The average molecular weight is 305 g/mol. The number of rotatable bonds is 7. The molecule has 124 valence electrons. The monoisotopic (exact) mass is 305 g/mol. The van der Waals surface area contributed by atoms with Crippen LogP contribution in [0.5, 0.6) is 0 Å². The molecule has 0 saturated heterocycles. The van der Waals surface area contributed by atoms with Gasteiger partial charge in [0, 0.05) is 6.04 Å². The van der Waals surface area contributed by atoms with Gasteiger partial charge >= 0.3 is 17.9 Å². The molecule has 0 rings (SSSR count). The third-order valence-electron chi connectivity index (χ3n) is 3.34. The first kappa shape index (κ1) is 21.7. The van der Waals surface area contributed by atoms with Gasteiger partial charge in [0.25, 0.3) is 0 Å². The van der Waals surface area contributed by atoms with E-state index in [-0.39, 0.29) is 12.0 Å². The quantitative estimate of drug-likeness (QED) is 0.482. The summed E-state index contributed by atoms with van der Waals surface area (Å²) >= 11 is 0. The molecule has 2 atom stereocenters. The van der Waals surface area contributed by atoms with Crippen LogP contribution in [0.3, 0.4) is 0 Å². The van der Waals surface area contributed by atoms with Gasteiger partial charge in [0.05, 0.1) is 12.0 Å². The minimum Gasteiger partial charge on any atom is -0.473 e. The van der Waals surface area contributed by atoms with Crippen LogP contribution in [0, 0.1) is 5.41 Å². The average Bonchev–Trinajstić information content (AvgIpc) is 2.40. The van der Waals surface area contributed by atoms with Crippen molar-refractivity contribution in [1.82, 2.24) is 0 Å². The highest BCUT2D eigenvalue weighted by Gasteiger charge is 2.40. The van der Waals surface area contributed by atoms with Crippen molar-refractivity contribution in [3.8, 4) is 0 Å². The van der Waals surface area contributed by atoms with E-state index in [1.54, 1.807) is 0 Å². The summed E-state index contributed by atoms with van der Waals surface area (Å²) < 4.78 is 5.14. The number of nitrogens with two attached hydrogens (primary N) is 1. The summed E-state index contributed by atoms with van der Waals surface area (Å²) in [6.07, 6.45) is 3.68. The van der Waals surface area contributed by atoms with Gasteiger partial charge in [-0.3, -0.25) is 4.79 Å². The zero-order valence-electron chi connectivity index (χ0n) is 13.2. The van der Waals surface area contributed by atoms with Crippen molar-refractivity contribution in [3.05, 3.63) is 0 Å². The lowest BCUT2D eigenvalue weighted by molar-refractivity contribution is -0.159. The van der Waals surface area contributed by atoms with Gasteiger partial charge < -0.3 is 20.7 Å². The number of hydrogen-bond donors (Lipinski definition) is 3. The van der Waals surface area contributed by atoms with Crippen LogP contribution in [0.2, 0.25) is 0 Å². The Hall–Kier alpha value is -1.63. The molecule has 0 aromatic rings. The van der Waals surface area contributed by atoms with Gasteiger partial charge in [-0.15, -0.1) is 0 Å². The molecule has 21 heavy (non-hydrogen) atoms. The standard InChI is InChI=1S/C12H25NO2.C2H2O4/c1-5-8-9-12(6-2,10(4)13)11(14)15-7-3;3-1(4)2(5)6/h10H,5-9,13H2,1-4H3;(H,3,4)(H,5,6). The number of unbranched alkanes of at least 4 members (excludes halogenated alkanes) is 1. The van der Waals surface area contributed by atoms with Gasteiger partial charge in [-0.25, -0.2) is 9.59 Å². The van der Waals surface area contributed by atoms with Crippen LogP contribution >= 0.6 is 0 Å². The molecule has 0 aromatic carbocycles. The second-order valence-corrected chi connectivity index (χ2v) is 4.73. The van der Waals surface area contributed by atoms with Crippen LogP contribution in [-0.2, 0) is 19.1 Å². The molecule has 0 aliphatic heterocycles. The van der Waals surface area contributed by atoms with Crippen LogP contribution in [0.25, 0.3) is 0 Å². The maximum Gasteiger partial charge on any atom is 0.414 e. The Morgan fingerprint density at radius 2 is 1.62 bits per heavy atom. The van der Waals surface area contributed by atoms with E-state index in [4.69, 9.17) is 30.3 Å². The topological polar surface area (TPSA) is 127 Å². The van der Waals surface area contributed by atoms with Gasteiger partial charge in [0.15, 0.2) is 0 Å². The van der Waals surface area contributed by atoms with Gasteiger partial charge in [-0.1, -0.05) is 26.7 Å². The summed E-state index contributed by atoms with van der Waals surface area (Å²) in [5, 5.41) is 14.8. The lowest BCUT2D eigenvalue weighted by atomic mass is 9.75. The van der Waals surface area contributed by atoms with Crippen molar-refractivity contribution in [2.75, 3.05) is 6.61 Å². The van der Waals surface area contributed by atoms with E-state index in [1.807, 2.05) is 20.8 Å². The van der Waals surface area contributed by atoms with E-state index < -0.39 is 17.4 Å². The van der Waals surface area contributed by atoms with E-state index in [1.165, 1.54) is 0 Å². The second-order valence-electron chi connectivity index (χ2n) is 4.73. The van der Waals surface area contributed by atoms with Crippen LogP contribution in [0.1, 0.15) is 53.4 Å². The summed E-state index contributed by atoms with van der Waals surface area (Å²) in [5.74, 6) is -3.78. The van der Waals surface area contributed by atoms with E-state index >= 15 is 0 Å². The van der Waals surface area contributed by atoms with E-state index in [0.29, 0.717) is 6.61 Å². The fourth-order valence-electron chi connectivity index (χ4n) is 1.93. The second kappa shape index (κ2) is 11.1. The first-order chi connectivity index (χ1) is 9.69. The smallest absolute Gasteiger partial charge is 0.414 e. The zero-order chi connectivity index (χ0) is 17.1. The number of carbonyl (C=O) groups is 3. The largest absolute Gasteiger partial charge is 0.473 e. The number of hydrogen-bond acceptors (Lipinski definition) is 5. The lowest BCUT2D eigenvalue weighted by Crippen LogP contribution is -2.46.